The van der Waals surface area contributed by atoms with Crippen molar-refractivity contribution in [2.24, 2.45) is 7.05 Å². The van der Waals surface area contributed by atoms with Crippen LogP contribution < -0.4 is 21.7 Å². The lowest BCUT2D eigenvalue weighted by Crippen LogP contribution is -2.43. The normalized spacial score (nSPS) is 15.1. The number of anilines is 5. The zero-order valence-electron chi connectivity index (χ0n) is 22.1. The maximum Gasteiger partial charge on any atom is 0.255 e. The lowest BCUT2D eigenvalue weighted by molar-refractivity contribution is 0.0940. The Morgan fingerprint density at radius 3 is 2.66 bits per heavy atom. The number of carbonyl (C=O) groups is 1. The van der Waals surface area contributed by atoms with Crippen molar-refractivity contribution in [2.75, 3.05) is 36.0 Å². The Balaban J connectivity index is 1.33. The van der Waals surface area contributed by atoms with E-state index in [0.29, 0.717) is 52.2 Å². The molecule has 0 radical (unpaired) electrons. The maximum absolute atomic E-state index is 13.1. The van der Waals surface area contributed by atoms with E-state index >= 15 is 0 Å². The molecule has 1 aliphatic heterocycles. The largest absolute Gasteiger partial charge is 0.384 e. The van der Waals surface area contributed by atoms with Gasteiger partial charge in [0.05, 0.1) is 22.8 Å². The number of pyridine rings is 2. The van der Waals surface area contributed by atoms with Crippen LogP contribution >= 0.6 is 0 Å². The van der Waals surface area contributed by atoms with Crippen LogP contribution in [-0.2, 0) is 7.05 Å². The van der Waals surface area contributed by atoms with Crippen LogP contribution in [0.4, 0.5) is 29.1 Å². The molecule has 5 rings (SSSR count). The number of carbonyl (C=O) groups excluding carboxylic acids is 1. The molecule has 1 aliphatic rings. The Kier molecular flexibility index (Phi) is 6.81. The Labute approximate surface area is 221 Å². The van der Waals surface area contributed by atoms with Crippen molar-refractivity contribution in [1.82, 2.24) is 39.9 Å². The van der Waals surface area contributed by atoms with E-state index < -0.39 is 0 Å². The first-order valence-corrected chi connectivity index (χ1v) is 12.7. The van der Waals surface area contributed by atoms with Gasteiger partial charge < -0.3 is 21.7 Å². The van der Waals surface area contributed by atoms with Crippen LogP contribution in [0.5, 0.6) is 0 Å². The molecule has 4 aromatic rings. The summed E-state index contributed by atoms with van der Waals surface area (Å²) in [6, 6.07) is 7.11. The van der Waals surface area contributed by atoms with E-state index in [9.17, 15) is 4.79 Å². The van der Waals surface area contributed by atoms with Gasteiger partial charge in [0.15, 0.2) is 11.5 Å². The third-order valence-electron chi connectivity index (χ3n) is 6.88. The number of likely N-dealkylation sites (tertiary alicyclic amines) is 1. The highest BCUT2D eigenvalue weighted by atomic mass is 16.1. The fourth-order valence-electron chi connectivity index (χ4n) is 4.72. The van der Waals surface area contributed by atoms with Crippen molar-refractivity contribution < 1.29 is 4.79 Å². The third-order valence-corrected chi connectivity index (χ3v) is 6.88. The van der Waals surface area contributed by atoms with Gasteiger partial charge >= 0.3 is 0 Å². The summed E-state index contributed by atoms with van der Waals surface area (Å²) >= 11 is 0. The van der Waals surface area contributed by atoms with E-state index in [1.54, 1.807) is 42.3 Å². The zero-order valence-corrected chi connectivity index (χ0v) is 22.1. The van der Waals surface area contributed by atoms with E-state index in [4.69, 9.17) is 5.73 Å². The molecule has 0 bridgehead atoms. The molecule has 1 amide bonds. The maximum atomic E-state index is 13.1. The second-order valence-corrected chi connectivity index (χ2v) is 10.1. The summed E-state index contributed by atoms with van der Waals surface area (Å²) in [5, 5.41) is 14.7. The van der Waals surface area contributed by atoms with Gasteiger partial charge in [-0.05, 0) is 64.4 Å². The van der Waals surface area contributed by atoms with E-state index in [1.807, 2.05) is 13.0 Å². The van der Waals surface area contributed by atoms with Gasteiger partial charge in [0.1, 0.15) is 11.6 Å². The Morgan fingerprint density at radius 1 is 1.08 bits per heavy atom. The molecule has 12 nitrogen and oxygen atoms in total. The molecule has 12 heteroatoms. The summed E-state index contributed by atoms with van der Waals surface area (Å²) in [5.41, 5.74) is 8.39. The van der Waals surface area contributed by atoms with Crippen LogP contribution in [0.2, 0.25) is 0 Å². The SMILES string of the molecule is Cc1ccc(C(=O)NCCN2CCCC2(C)C)c(Nc2nn(C)c3nc(Nc4ccc(N)nc4)ncc23)n1. The minimum absolute atomic E-state index is 0.173. The topological polar surface area (TPSA) is 152 Å². The molecule has 4 aromatic heterocycles. The van der Waals surface area contributed by atoms with E-state index in [-0.39, 0.29) is 11.4 Å². The molecule has 5 heterocycles. The van der Waals surface area contributed by atoms with Gasteiger partial charge in [0.25, 0.3) is 5.91 Å². The first kappa shape index (κ1) is 25.3. The summed E-state index contributed by atoms with van der Waals surface area (Å²) in [6.07, 6.45) is 5.66. The van der Waals surface area contributed by atoms with Crippen LogP contribution in [-0.4, -0.2) is 65.7 Å². The number of hydrogen-bond donors (Lipinski definition) is 4. The molecular weight excluding hydrogens is 482 g/mol. The van der Waals surface area contributed by atoms with Crippen molar-refractivity contribution in [1.29, 1.82) is 0 Å². The van der Waals surface area contributed by atoms with Gasteiger partial charge in [-0.2, -0.15) is 10.1 Å². The Bertz CT molecular complexity index is 1460. The first-order chi connectivity index (χ1) is 18.2. The average molecular weight is 516 g/mol. The number of nitrogens with one attached hydrogen (secondary N) is 3. The third kappa shape index (κ3) is 5.35. The molecule has 38 heavy (non-hydrogen) atoms. The van der Waals surface area contributed by atoms with Gasteiger partial charge in [-0.3, -0.25) is 9.69 Å². The van der Waals surface area contributed by atoms with Gasteiger partial charge in [-0.15, -0.1) is 0 Å². The van der Waals surface area contributed by atoms with Crippen LogP contribution in [0.15, 0.2) is 36.7 Å². The molecule has 0 spiro atoms. The molecule has 1 fully saturated rings. The molecule has 0 atom stereocenters. The van der Waals surface area contributed by atoms with Crippen LogP contribution in [0.1, 0.15) is 42.7 Å². The number of nitrogens with two attached hydrogens (primary N) is 1. The number of aryl methyl sites for hydroxylation is 2. The fourth-order valence-corrected chi connectivity index (χ4v) is 4.72. The zero-order chi connectivity index (χ0) is 26.9. The monoisotopic (exact) mass is 515 g/mol. The number of rotatable bonds is 8. The molecule has 5 N–H and O–H groups in total. The summed E-state index contributed by atoms with van der Waals surface area (Å²) in [5.74, 6) is 1.58. The fraction of sp³-hybridized carbons (Fsp3) is 0.385. The predicted molar refractivity (Wildman–Crippen MR) is 148 cm³/mol. The van der Waals surface area contributed by atoms with Gasteiger partial charge in [-0.1, -0.05) is 0 Å². The Hall–Kier alpha value is -4.32. The lowest BCUT2D eigenvalue weighted by atomic mass is 10.0. The molecule has 198 valence electrons. The molecule has 0 saturated carbocycles. The average Bonchev–Trinajstić information content (AvgIpc) is 3.38. The van der Waals surface area contributed by atoms with E-state index in [0.717, 1.165) is 18.8 Å². The highest BCUT2D eigenvalue weighted by Crippen LogP contribution is 2.28. The van der Waals surface area contributed by atoms with Crippen LogP contribution in [0.25, 0.3) is 11.0 Å². The minimum Gasteiger partial charge on any atom is -0.384 e. The van der Waals surface area contributed by atoms with Crippen LogP contribution in [0.3, 0.4) is 0 Å². The van der Waals surface area contributed by atoms with Crippen molar-refractivity contribution in [2.45, 2.75) is 39.2 Å². The number of hydrogen-bond acceptors (Lipinski definition) is 10. The van der Waals surface area contributed by atoms with Crippen LogP contribution in [0, 0.1) is 6.92 Å². The van der Waals surface area contributed by atoms with E-state index in [2.05, 4.69) is 59.7 Å². The van der Waals surface area contributed by atoms with Crippen molar-refractivity contribution in [3.05, 3.63) is 47.9 Å². The molecule has 0 aliphatic carbocycles. The van der Waals surface area contributed by atoms with Crippen molar-refractivity contribution in [3.63, 3.8) is 0 Å². The van der Waals surface area contributed by atoms with Crippen molar-refractivity contribution in [3.8, 4) is 0 Å². The molecular formula is C26H33N11O. The second kappa shape index (κ2) is 10.2. The smallest absolute Gasteiger partial charge is 0.255 e. The Morgan fingerprint density at radius 2 is 1.92 bits per heavy atom. The first-order valence-electron chi connectivity index (χ1n) is 12.7. The summed E-state index contributed by atoms with van der Waals surface area (Å²) in [7, 11) is 1.80. The summed E-state index contributed by atoms with van der Waals surface area (Å²) in [4.78, 5) is 33.2. The minimum atomic E-state index is -0.183. The quantitative estimate of drug-likeness (QED) is 0.275. The summed E-state index contributed by atoms with van der Waals surface area (Å²) < 4.78 is 1.65. The van der Waals surface area contributed by atoms with Gasteiger partial charge in [0.2, 0.25) is 5.95 Å². The number of amides is 1. The number of nitrogen functional groups attached to an aromatic ring is 1. The predicted octanol–water partition coefficient (Wildman–Crippen LogP) is 3.14. The van der Waals surface area contributed by atoms with Crippen molar-refractivity contribution >= 4 is 46.0 Å². The highest BCUT2D eigenvalue weighted by Gasteiger charge is 2.31. The molecule has 0 unspecified atom stereocenters. The van der Waals surface area contributed by atoms with Gasteiger partial charge in [-0.25, -0.2) is 19.6 Å². The highest BCUT2D eigenvalue weighted by molar-refractivity contribution is 6.00. The number of nitrogens with zero attached hydrogens (tertiary/aromatic N) is 7. The van der Waals surface area contributed by atoms with E-state index in [1.165, 1.54) is 12.8 Å². The second-order valence-electron chi connectivity index (χ2n) is 10.1. The molecule has 1 saturated heterocycles. The standard InChI is InChI=1S/C26H33N11O/c1-16-6-8-18(24(38)28-11-13-37-12-5-10-26(37,2)3)21(31-16)33-22-19-15-30-25(34-23(19)36(4)35-22)32-17-7-9-20(27)29-14-17/h6-9,14-15H,5,10-13H2,1-4H3,(H2,27,29)(H,28,38)(H,30,32,34)(H,31,33,35). The number of aromatic nitrogens is 6. The number of fused-ring (bicyclic) bond motifs is 1. The molecule has 0 aromatic carbocycles. The summed E-state index contributed by atoms with van der Waals surface area (Å²) in [6.45, 7) is 8.82. The lowest BCUT2D eigenvalue weighted by Gasteiger charge is -2.31. The van der Waals surface area contributed by atoms with Gasteiger partial charge in [0, 0.05) is 37.6 Å².